The van der Waals surface area contributed by atoms with E-state index in [2.05, 4.69) is 0 Å². The summed E-state index contributed by atoms with van der Waals surface area (Å²) < 4.78 is 4.91. The van der Waals surface area contributed by atoms with E-state index >= 15 is 0 Å². The summed E-state index contributed by atoms with van der Waals surface area (Å²) in [5, 5.41) is 0.567. The quantitative estimate of drug-likeness (QED) is 0.611. The SMILES string of the molecule is CCOC(=O)c1ccc2c(c1)C(=O)N(c1cc(Cl)ccc1Cl)C2=O. The lowest BCUT2D eigenvalue weighted by Crippen LogP contribution is -2.29. The molecule has 1 aliphatic heterocycles. The standard InChI is InChI=1S/C17H11Cl2NO4/c1-2-24-17(23)9-3-5-11-12(7-9)16(22)20(15(11)21)14-8-10(18)4-6-13(14)19/h3-8H,2H2,1H3. The minimum atomic E-state index is -0.565. The van der Waals surface area contributed by atoms with E-state index in [-0.39, 0.29) is 34.0 Å². The number of imide groups is 1. The molecule has 0 saturated carbocycles. The zero-order valence-corrected chi connectivity index (χ0v) is 14.0. The van der Waals surface area contributed by atoms with Crippen LogP contribution >= 0.6 is 23.2 Å². The third-order valence-corrected chi connectivity index (χ3v) is 4.10. The summed E-state index contributed by atoms with van der Waals surface area (Å²) in [6.07, 6.45) is 0. The number of rotatable bonds is 3. The normalized spacial score (nSPS) is 13.2. The van der Waals surface area contributed by atoms with Crippen LogP contribution in [0.4, 0.5) is 5.69 Å². The third kappa shape index (κ3) is 2.66. The lowest BCUT2D eigenvalue weighted by molar-refractivity contribution is 0.0526. The van der Waals surface area contributed by atoms with Gasteiger partial charge in [-0.2, -0.15) is 0 Å². The van der Waals surface area contributed by atoms with Crippen LogP contribution in [0, 0.1) is 0 Å². The van der Waals surface area contributed by atoms with Gasteiger partial charge in [0.1, 0.15) is 0 Å². The van der Waals surface area contributed by atoms with Crippen molar-refractivity contribution in [1.29, 1.82) is 0 Å². The van der Waals surface area contributed by atoms with Crippen LogP contribution in [-0.4, -0.2) is 24.4 Å². The van der Waals surface area contributed by atoms with Crippen molar-refractivity contribution in [2.75, 3.05) is 11.5 Å². The Labute approximate surface area is 147 Å². The molecule has 0 bridgehead atoms. The molecule has 0 N–H and O–H groups in total. The molecule has 0 radical (unpaired) electrons. The van der Waals surface area contributed by atoms with E-state index in [9.17, 15) is 14.4 Å². The molecule has 0 spiro atoms. The molecular weight excluding hydrogens is 353 g/mol. The van der Waals surface area contributed by atoms with Gasteiger partial charge in [-0.25, -0.2) is 9.69 Å². The van der Waals surface area contributed by atoms with Crippen molar-refractivity contribution in [3.63, 3.8) is 0 Å². The van der Waals surface area contributed by atoms with E-state index in [1.165, 1.54) is 30.3 Å². The molecule has 0 aliphatic carbocycles. The summed E-state index contributed by atoms with van der Waals surface area (Å²) in [6, 6.07) is 8.74. The van der Waals surface area contributed by atoms with Gasteiger partial charge in [0.2, 0.25) is 0 Å². The maximum atomic E-state index is 12.7. The van der Waals surface area contributed by atoms with Crippen molar-refractivity contribution < 1.29 is 19.1 Å². The molecule has 0 saturated heterocycles. The smallest absolute Gasteiger partial charge is 0.338 e. The second-order valence-electron chi connectivity index (χ2n) is 5.02. The van der Waals surface area contributed by atoms with Crippen molar-refractivity contribution in [2.24, 2.45) is 0 Å². The predicted molar refractivity (Wildman–Crippen MR) is 90.0 cm³/mol. The Morgan fingerprint density at radius 1 is 1.04 bits per heavy atom. The maximum Gasteiger partial charge on any atom is 0.338 e. The number of fused-ring (bicyclic) bond motifs is 1. The Morgan fingerprint density at radius 2 is 1.75 bits per heavy atom. The Morgan fingerprint density at radius 3 is 2.46 bits per heavy atom. The summed E-state index contributed by atoms with van der Waals surface area (Å²) in [6.45, 7) is 1.90. The number of ether oxygens (including phenoxy) is 1. The van der Waals surface area contributed by atoms with Gasteiger partial charge in [-0.1, -0.05) is 23.2 Å². The van der Waals surface area contributed by atoms with E-state index < -0.39 is 17.8 Å². The van der Waals surface area contributed by atoms with Crippen LogP contribution < -0.4 is 4.90 Å². The summed E-state index contributed by atoms with van der Waals surface area (Å²) in [4.78, 5) is 38.0. The number of benzene rings is 2. The first-order chi connectivity index (χ1) is 11.4. The zero-order valence-electron chi connectivity index (χ0n) is 12.5. The third-order valence-electron chi connectivity index (χ3n) is 3.55. The number of anilines is 1. The van der Waals surface area contributed by atoms with E-state index in [1.54, 1.807) is 13.0 Å². The van der Waals surface area contributed by atoms with Gasteiger partial charge in [-0.3, -0.25) is 9.59 Å². The van der Waals surface area contributed by atoms with Crippen LogP contribution in [-0.2, 0) is 4.74 Å². The molecule has 1 aliphatic rings. The second kappa shape index (κ2) is 6.26. The minimum Gasteiger partial charge on any atom is -0.462 e. The van der Waals surface area contributed by atoms with Crippen molar-refractivity contribution in [3.05, 3.63) is 63.1 Å². The highest BCUT2D eigenvalue weighted by atomic mass is 35.5. The number of nitrogens with zero attached hydrogens (tertiary/aromatic N) is 1. The topological polar surface area (TPSA) is 63.7 Å². The molecule has 0 atom stereocenters. The molecule has 7 heteroatoms. The molecule has 3 rings (SSSR count). The highest BCUT2D eigenvalue weighted by molar-refractivity contribution is 6.41. The lowest BCUT2D eigenvalue weighted by Gasteiger charge is -2.15. The highest BCUT2D eigenvalue weighted by Crippen LogP contribution is 2.35. The molecule has 0 aromatic heterocycles. The van der Waals surface area contributed by atoms with Gasteiger partial charge in [-0.05, 0) is 43.3 Å². The summed E-state index contributed by atoms with van der Waals surface area (Å²) in [7, 11) is 0. The largest absolute Gasteiger partial charge is 0.462 e. The average molecular weight is 364 g/mol. The Kier molecular flexibility index (Phi) is 4.30. The minimum absolute atomic E-state index is 0.126. The highest BCUT2D eigenvalue weighted by Gasteiger charge is 2.38. The van der Waals surface area contributed by atoms with E-state index in [4.69, 9.17) is 27.9 Å². The molecule has 2 amide bonds. The van der Waals surface area contributed by atoms with Gasteiger partial charge in [0, 0.05) is 5.02 Å². The van der Waals surface area contributed by atoms with Crippen molar-refractivity contribution in [2.45, 2.75) is 6.92 Å². The van der Waals surface area contributed by atoms with E-state index in [0.29, 0.717) is 5.02 Å². The lowest BCUT2D eigenvalue weighted by atomic mass is 10.1. The number of amides is 2. The van der Waals surface area contributed by atoms with Gasteiger partial charge in [0.15, 0.2) is 0 Å². The molecule has 5 nitrogen and oxygen atoms in total. The first-order valence-electron chi connectivity index (χ1n) is 7.09. The number of carbonyl (C=O) groups excluding carboxylic acids is 3. The first kappa shape index (κ1) is 16.5. The second-order valence-corrected chi connectivity index (χ2v) is 5.87. The van der Waals surface area contributed by atoms with Crippen LogP contribution in [0.25, 0.3) is 0 Å². The molecule has 24 heavy (non-hydrogen) atoms. The number of esters is 1. The average Bonchev–Trinajstić information content (AvgIpc) is 2.81. The zero-order chi connectivity index (χ0) is 17.4. The van der Waals surface area contributed by atoms with Gasteiger partial charge >= 0.3 is 5.97 Å². The fourth-order valence-corrected chi connectivity index (χ4v) is 2.83. The van der Waals surface area contributed by atoms with Crippen LogP contribution in [0.1, 0.15) is 38.0 Å². The van der Waals surface area contributed by atoms with Crippen molar-refractivity contribution in [3.8, 4) is 0 Å². The Balaban J connectivity index is 2.05. The molecule has 0 fully saturated rings. The molecular formula is C17H11Cl2NO4. The summed E-state index contributed by atoms with van der Waals surface area (Å²) >= 11 is 12.0. The van der Waals surface area contributed by atoms with Crippen LogP contribution in [0.2, 0.25) is 10.0 Å². The number of carbonyl (C=O) groups is 3. The molecule has 2 aromatic rings. The van der Waals surface area contributed by atoms with Gasteiger partial charge in [-0.15, -0.1) is 0 Å². The number of halogens is 2. The van der Waals surface area contributed by atoms with Gasteiger partial charge in [0.25, 0.3) is 11.8 Å². The monoisotopic (exact) mass is 363 g/mol. The Bertz CT molecular complexity index is 879. The van der Waals surface area contributed by atoms with Crippen LogP contribution in [0.5, 0.6) is 0 Å². The molecule has 122 valence electrons. The molecule has 0 unspecified atom stereocenters. The van der Waals surface area contributed by atoms with Crippen molar-refractivity contribution in [1.82, 2.24) is 0 Å². The van der Waals surface area contributed by atoms with Crippen molar-refractivity contribution >= 4 is 46.7 Å². The van der Waals surface area contributed by atoms with E-state index in [1.807, 2.05) is 0 Å². The van der Waals surface area contributed by atoms with E-state index in [0.717, 1.165) is 4.90 Å². The fraction of sp³-hybridized carbons (Fsp3) is 0.118. The number of hydrogen-bond acceptors (Lipinski definition) is 4. The Hall–Kier alpha value is -2.37. The molecule has 2 aromatic carbocycles. The summed E-state index contributed by atoms with van der Waals surface area (Å²) in [5.74, 6) is -1.64. The van der Waals surface area contributed by atoms with Gasteiger partial charge in [0.05, 0.1) is 34.0 Å². The summed E-state index contributed by atoms with van der Waals surface area (Å²) in [5.41, 5.74) is 0.731. The van der Waals surface area contributed by atoms with Crippen LogP contribution in [0.3, 0.4) is 0 Å². The predicted octanol–water partition coefficient (Wildman–Crippen LogP) is 3.97. The molecule has 1 heterocycles. The fourth-order valence-electron chi connectivity index (χ4n) is 2.46. The maximum absolute atomic E-state index is 12.7. The van der Waals surface area contributed by atoms with Gasteiger partial charge < -0.3 is 4.74 Å². The van der Waals surface area contributed by atoms with Crippen LogP contribution in [0.15, 0.2) is 36.4 Å². The number of hydrogen-bond donors (Lipinski definition) is 0. The first-order valence-corrected chi connectivity index (χ1v) is 7.84.